The molecule has 0 bridgehead atoms. The Labute approximate surface area is 163 Å². The lowest BCUT2D eigenvalue weighted by molar-refractivity contribution is -0.402. The van der Waals surface area contributed by atoms with Crippen LogP contribution in [0.15, 0.2) is 59.3 Å². The molecule has 8 nitrogen and oxygen atoms in total. The molecule has 0 atom stereocenters. The zero-order valence-electron chi connectivity index (χ0n) is 14.7. The highest BCUT2D eigenvalue weighted by molar-refractivity contribution is 7.22. The van der Waals surface area contributed by atoms with Gasteiger partial charge in [0, 0.05) is 12.4 Å². The van der Waals surface area contributed by atoms with Gasteiger partial charge in [0.1, 0.15) is 4.92 Å². The molecular formula is C19H14N4O4S. The van der Waals surface area contributed by atoms with Crippen molar-refractivity contribution in [3.05, 3.63) is 81.9 Å². The third kappa shape index (κ3) is 3.35. The van der Waals surface area contributed by atoms with Crippen molar-refractivity contribution in [1.82, 2.24) is 9.97 Å². The van der Waals surface area contributed by atoms with Gasteiger partial charge in [0.05, 0.1) is 22.8 Å². The van der Waals surface area contributed by atoms with Gasteiger partial charge in [-0.1, -0.05) is 29.5 Å². The molecule has 4 rings (SSSR count). The van der Waals surface area contributed by atoms with Crippen molar-refractivity contribution in [2.45, 2.75) is 13.5 Å². The van der Waals surface area contributed by atoms with E-state index >= 15 is 0 Å². The summed E-state index contributed by atoms with van der Waals surface area (Å²) in [4.78, 5) is 33.5. The minimum atomic E-state index is -0.677. The molecule has 3 heterocycles. The smallest absolute Gasteiger partial charge is 0.395 e. The normalized spacial score (nSPS) is 10.9. The Morgan fingerprint density at radius 2 is 2.11 bits per heavy atom. The van der Waals surface area contributed by atoms with Crippen LogP contribution in [0.2, 0.25) is 0 Å². The van der Waals surface area contributed by atoms with Crippen molar-refractivity contribution >= 4 is 38.5 Å². The standard InChI is InChI=1S/C19H14N4O4S/c1-12-4-2-6-15-17(12)21-19(28-15)22(11-13-5-3-9-20-10-13)18(24)14-7-8-16(27-14)23(25)26/h2-10H,11H2,1H3. The first-order chi connectivity index (χ1) is 13.5. The predicted octanol–water partition coefficient (Wildman–Crippen LogP) is 4.35. The Balaban J connectivity index is 1.77. The van der Waals surface area contributed by atoms with Crippen LogP contribution in [0.3, 0.4) is 0 Å². The van der Waals surface area contributed by atoms with Crippen LogP contribution in [0.1, 0.15) is 21.7 Å². The topological polar surface area (TPSA) is 102 Å². The highest BCUT2D eigenvalue weighted by Crippen LogP contribution is 2.32. The molecule has 0 saturated heterocycles. The van der Waals surface area contributed by atoms with Gasteiger partial charge in [0.15, 0.2) is 10.9 Å². The second kappa shape index (κ2) is 7.20. The van der Waals surface area contributed by atoms with Crippen LogP contribution in [-0.4, -0.2) is 20.8 Å². The molecule has 9 heteroatoms. The van der Waals surface area contributed by atoms with Gasteiger partial charge in [-0.25, -0.2) is 4.98 Å². The van der Waals surface area contributed by atoms with Crippen LogP contribution < -0.4 is 4.90 Å². The Kier molecular flexibility index (Phi) is 4.58. The fourth-order valence-corrected chi connectivity index (χ4v) is 3.81. The van der Waals surface area contributed by atoms with Gasteiger partial charge in [0.2, 0.25) is 0 Å². The second-order valence-electron chi connectivity index (χ2n) is 6.07. The van der Waals surface area contributed by atoms with E-state index in [-0.39, 0.29) is 12.3 Å². The van der Waals surface area contributed by atoms with Crippen LogP contribution in [0.5, 0.6) is 0 Å². The van der Waals surface area contributed by atoms with Crippen LogP contribution in [0.4, 0.5) is 11.0 Å². The number of furan rings is 1. The molecule has 0 radical (unpaired) electrons. The SMILES string of the molecule is Cc1cccc2sc(N(Cc3cccnc3)C(=O)c3ccc([N+](=O)[O-])o3)nc12. The number of hydrogen-bond donors (Lipinski definition) is 0. The van der Waals surface area contributed by atoms with E-state index in [1.807, 2.05) is 31.2 Å². The van der Waals surface area contributed by atoms with E-state index in [0.29, 0.717) is 5.13 Å². The number of fused-ring (bicyclic) bond motifs is 1. The minimum Gasteiger partial charge on any atom is -0.395 e. The molecule has 0 aliphatic carbocycles. The second-order valence-corrected chi connectivity index (χ2v) is 7.07. The lowest BCUT2D eigenvalue weighted by atomic mass is 10.2. The summed E-state index contributed by atoms with van der Waals surface area (Å²) in [7, 11) is 0. The molecule has 28 heavy (non-hydrogen) atoms. The fourth-order valence-electron chi connectivity index (χ4n) is 2.76. The van der Waals surface area contributed by atoms with Crippen molar-refractivity contribution in [3.63, 3.8) is 0 Å². The van der Waals surface area contributed by atoms with E-state index in [1.54, 1.807) is 18.5 Å². The fraction of sp³-hybridized carbons (Fsp3) is 0.105. The molecule has 0 spiro atoms. The summed E-state index contributed by atoms with van der Waals surface area (Å²) in [6.07, 6.45) is 3.30. The molecule has 0 N–H and O–H groups in total. The van der Waals surface area contributed by atoms with Crippen LogP contribution in [0, 0.1) is 17.0 Å². The minimum absolute atomic E-state index is 0.119. The van der Waals surface area contributed by atoms with Gasteiger partial charge < -0.3 is 4.42 Å². The predicted molar refractivity (Wildman–Crippen MR) is 104 cm³/mol. The molecule has 140 valence electrons. The van der Waals surface area contributed by atoms with Gasteiger partial charge in [0.25, 0.3) is 5.91 Å². The summed E-state index contributed by atoms with van der Waals surface area (Å²) in [5.41, 5.74) is 2.62. The highest BCUT2D eigenvalue weighted by atomic mass is 32.1. The molecule has 1 amide bonds. The van der Waals surface area contributed by atoms with Gasteiger partial charge in [-0.15, -0.1) is 0 Å². The molecule has 0 aliphatic rings. The van der Waals surface area contributed by atoms with Crippen molar-refractivity contribution in [2.24, 2.45) is 0 Å². The number of amides is 1. The van der Waals surface area contributed by atoms with Crippen LogP contribution in [-0.2, 0) is 6.54 Å². The highest BCUT2D eigenvalue weighted by Gasteiger charge is 2.26. The number of anilines is 1. The van der Waals surface area contributed by atoms with Crippen molar-refractivity contribution in [2.75, 3.05) is 4.90 Å². The summed E-state index contributed by atoms with van der Waals surface area (Å²) < 4.78 is 6.06. The first-order valence-corrected chi connectivity index (χ1v) is 9.16. The number of aromatic nitrogens is 2. The lowest BCUT2D eigenvalue weighted by Crippen LogP contribution is -2.30. The number of para-hydroxylation sites is 1. The average molecular weight is 394 g/mol. The molecule has 0 saturated carbocycles. The number of carbonyl (C=O) groups is 1. The van der Waals surface area contributed by atoms with E-state index in [2.05, 4.69) is 9.97 Å². The molecular weight excluding hydrogens is 380 g/mol. The van der Waals surface area contributed by atoms with E-state index in [1.165, 1.54) is 22.3 Å². The van der Waals surface area contributed by atoms with Crippen molar-refractivity contribution < 1.29 is 14.1 Å². The Bertz CT molecular complexity index is 1170. The number of hydrogen-bond acceptors (Lipinski definition) is 7. The molecule has 1 aromatic carbocycles. The maximum absolute atomic E-state index is 13.1. The number of carbonyl (C=O) groups excluding carboxylic acids is 1. The Hall–Kier alpha value is -3.59. The van der Waals surface area contributed by atoms with Crippen LogP contribution >= 0.6 is 11.3 Å². The van der Waals surface area contributed by atoms with E-state index in [0.717, 1.165) is 27.4 Å². The number of nitro groups is 1. The quantitative estimate of drug-likeness (QED) is 0.368. The van der Waals surface area contributed by atoms with E-state index in [4.69, 9.17) is 4.42 Å². The number of benzene rings is 1. The maximum Gasteiger partial charge on any atom is 0.433 e. The summed E-state index contributed by atoms with van der Waals surface area (Å²) in [6.45, 7) is 2.16. The van der Waals surface area contributed by atoms with Crippen molar-refractivity contribution in [3.8, 4) is 0 Å². The zero-order valence-corrected chi connectivity index (χ0v) is 15.5. The van der Waals surface area contributed by atoms with E-state index < -0.39 is 16.7 Å². The first-order valence-electron chi connectivity index (χ1n) is 8.34. The zero-order chi connectivity index (χ0) is 19.7. The van der Waals surface area contributed by atoms with Crippen molar-refractivity contribution in [1.29, 1.82) is 0 Å². The Morgan fingerprint density at radius 1 is 1.25 bits per heavy atom. The van der Waals surface area contributed by atoms with Crippen LogP contribution in [0.25, 0.3) is 10.2 Å². The monoisotopic (exact) mass is 394 g/mol. The number of thiazole rings is 1. The number of rotatable bonds is 5. The number of aryl methyl sites for hydroxylation is 1. The van der Waals surface area contributed by atoms with Gasteiger partial charge in [-0.2, -0.15) is 0 Å². The summed E-state index contributed by atoms with van der Waals surface area (Å²) >= 11 is 1.37. The molecule has 3 aromatic heterocycles. The lowest BCUT2D eigenvalue weighted by Gasteiger charge is -2.18. The molecule has 0 fully saturated rings. The summed E-state index contributed by atoms with van der Waals surface area (Å²) in [5, 5.41) is 11.4. The maximum atomic E-state index is 13.1. The molecule has 0 aliphatic heterocycles. The van der Waals surface area contributed by atoms with Gasteiger partial charge in [-0.05, 0) is 36.2 Å². The average Bonchev–Trinajstić information content (AvgIpc) is 3.34. The largest absolute Gasteiger partial charge is 0.433 e. The number of nitrogens with zero attached hydrogens (tertiary/aromatic N) is 4. The Morgan fingerprint density at radius 3 is 2.79 bits per heavy atom. The third-order valence-electron chi connectivity index (χ3n) is 4.13. The summed E-state index contributed by atoms with van der Waals surface area (Å²) in [5.74, 6) is -1.11. The van der Waals surface area contributed by atoms with Gasteiger partial charge >= 0.3 is 5.88 Å². The molecule has 4 aromatic rings. The van der Waals surface area contributed by atoms with E-state index in [9.17, 15) is 14.9 Å². The molecule has 0 unspecified atom stereocenters. The first kappa shape index (κ1) is 17.8. The number of pyridine rings is 1. The third-order valence-corrected chi connectivity index (χ3v) is 5.18. The summed E-state index contributed by atoms with van der Waals surface area (Å²) in [6, 6.07) is 11.9. The van der Waals surface area contributed by atoms with Gasteiger partial charge in [-0.3, -0.25) is 24.8 Å².